The van der Waals surface area contributed by atoms with Crippen LogP contribution in [0.3, 0.4) is 0 Å². The van der Waals surface area contributed by atoms with E-state index in [2.05, 4.69) is 5.32 Å². The molecule has 0 unspecified atom stereocenters. The molecule has 0 saturated heterocycles. The van der Waals surface area contributed by atoms with Crippen molar-refractivity contribution in [1.29, 1.82) is 0 Å². The van der Waals surface area contributed by atoms with Gasteiger partial charge in [-0.1, -0.05) is 36.4 Å². The molecule has 0 amide bonds. The summed E-state index contributed by atoms with van der Waals surface area (Å²) in [6.45, 7) is 3.56. The van der Waals surface area contributed by atoms with Gasteiger partial charge in [-0.2, -0.15) is 0 Å². The Morgan fingerprint density at radius 1 is 1.03 bits per heavy atom. The molecule has 0 aliphatic heterocycles. The Morgan fingerprint density at radius 3 is 2.38 bits per heavy atom. The smallest absolute Gasteiger partial charge is 0.360 e. The van der Waals surface area contributed by atoms with E-state index >= 15 is 0 Å². The van der Waals surface area contributed by atoms with Gasteiger partial charge in [-0.25, -0.2) is 4.79 Å². The average molecular weight is 395 g/mol. The maximum absolute atomic E-state index is 12.4. The van der Waals surface area contributed by atoms with Gasteiger partial charge in [-0.3, -0.25) is 9.59 Å². The zero-order chi connectivity index (χ0) is 20.8. The predicted octanol–water partition coefficient (Wildman–Crippen LogP) is 3.61. The van der Waals surface area contributed by atoms with Crippen LogP contribution in [-0.2, 0) is 19.1 Å². The van der Waals surface area contributed by atoms with E-state index in [1.807, 2.05) is 36.4 Å². The van der Waals surface area contributed by atoms with Gasteiger partial charge in [0.2, 0.25) is 0 Å². The minimum absolute atomic E-state index is 0.137. The number of carbonyl (C=O) groups excluding carboxylic acids is 2. The molecule has 0 atom stereocenters. The van der Waals surface area contributed by atoms with Crippen LogP contribution in [0.1, 0.15) is 13.8 Å². The summed E-state index contributed by atoms with van der Waals surface area (Å²) in [5.41, 5.74) is 0.108. The Kier molecular flexibility index (Phi) is 6.29. The molecule has 3 aromatic rings. The number of benzene rings is 2. The molecule has 2 aromatic carbocycles. The minimum atomic E-state index is -1.22. The molecular weight excluding hydrogens is 374 g/mol. The van der Waals surface area contributed by atoms with E-state index in [9.17, 15) is 14.4 Å². The highest BCUT2D eigenvalue weighted by Crippen LogP contribution is 2.25. The number of hydrogen-bond acceptors (Lipinski definition) is 7. The molecule has 1 N–H and O–H groups in total. The van der Waals surface area contributed by atoms with E-state index in [-0.39, 0.29) is 18.9 Å². The van der Waals surface area contributed by atoms with Gasteiger partial charge >= 0.3 is 17.6 Å². The standard InChI is InChI=1S/C22H21NO6/c1-3-27-20(24)17(21(25)28-4-2)11-12-23-18-13-15-10-9-14-7-5-6-8-16(14)19(15)29-22(18)26/h5-13,17,23H,3-4H2,1-2H3/b12-11+. The summed E-state index contributed by atoms with van der Waals surface area (Å²) >= 11 is 0. The van der Waals surface area contributed by atoms with Gasteiger partial charge in [0, 0.05) is 10.8 Å². The summed E-state index contributed by atoms with van der Waals surface area (Å²) in [6.07, 6.45) is 2.62. The number of carbonyl (C=O) groups is 2. The van der Waals surface area contributed by atoms with Crippen molar-refractivity contribution in [2.24, 2.45) is 5.92 Å². The average Bonchev–Trinajstić information content (AvgIpc) is 2.71. The number of esters is 2. The second-order valence-electron chi connectivity index (χ2n) is 6.14. The normalized spacial score (nSPS) is 11.3. The van der Waals surface area contributed by atoms with Crippen LogP contribution >= 0.6 is 0 Å². The molecule has 3 rings (SSSR count). The molecule has 0 radical (unpaired) electrons. The van der Waals surface area contributed by atoms with Crippen LogP contribution in [0.4, 0.5) is 5.69 Å². The fourth-order valence-electron chi connectivity index (χ4n) is 2.90. The van der Waals surface area contributed by atoms with Gasteiger partial charge < -0.3 is 19.2 Å². The highest BCUT2D eigenvalue weighted by molar-refractivity contribution is 6.04. The number of ether oxygens (including phenoxy) is 2. The fraction of sp³-hybridized carbons (Fsp3) is 0.227. The van der Waals surface area contributed by atoms with Gasteiger partial charge in [-0.05, 0) is 37.6 Å². The van der Waals surface area contributed by atoms with Crippen molar-refractivity contribution in [3.8, 4) is 0 Å². The number of rotatable bonds is 7. The van der Waals surface area contributed by atoms with E-state index in [4.69, 9.17) is 13.9 Å². The molecule has 1 aromatic heterocycles. The maximum Gasteiger partial charge on any atom is 0.360 e. The van der Waals surface area contributed by atoms with Gasteiger partial charge in [-0.15, -0.1) is 0 Å². The topological polar surface area (TPSA) is 94.8 Å². The number of hydrogen-bond donors (Lipinski definition) is 1. The van der Waals surface area contributed by atoms with Crippen molar-refractivity contribution < 1.29 is 23.5 Å². The Balaban J connectivity index is 1.87. The van der Waals surface area contributed by atoms with E-state index in [1.54, 1.807) is 19.9 Å². The molecule has 150 valence electrons. The number of nitrogens with one attached hydrogen (secondary N) is 1. The van der Waals surface area contributed by atoms with Crippen molar-refractivity contribution in [3.05, 3.63) is 65.2 Å². The van der Waals surface area contributed by atoms with Crippen LogP contribution in [0.25, 0.3) is 21.7 Å². The molecule has 0 aliphatic carbocycles. The Bertz CT molecular complexity index is 1110. The van der Waals surface area contributed by atoms with Crippen molar-refractivity contribution in [1.82, 2.24) is 0 Å². The molecule has 0 fully saturated rings. The predicted molar refractivity (Wildman–Crippen MR) is 110 cm³/mol. The molecule has 0 saturated carbocycles. The van der Waals surface area contributed by atoms with E-state index in [0.717, 1.165) is 16.2 Å². The van der Waals surface area contributed by atoms with Crippen LogP contribution in [0.5, 0.6) is 0 Å². The van der Waals surface area contributed by atoms with Crippen molar-refractivity contribution >= 4 is 39.4 Å². The zero-order valence-corrected chi connectivity index (χ0v) is 16.1. The number of fused-ring (bicyclic) bond motifs is 3. The van der Waals surface area contributed by atoms with Crippen LogP contribution in [0.15, 0.2) is 64.0 Å². The first kappa shape index (κ1) is 20.1. The van der Waals surface area contributed by atoms with Crippen molar-refractivity contribution in [2.45, 2.75) is 13.8 Å². The van der Waals surface area contributed by atoms with E-state index in [0.29, 0.717) is 5.58 Å². The molecular formula is C22H21NO6. The van der Waals surface area contributed by atoms with Gasteiger partial charge in [0.1, 0.15) is 11.3 Å². The van der Waals surface area contributed by atoms with E-state index in [1.165, 1.54) is 12.3 Å². The summed E-state index contributed by atoms with van der Waals surface area (Å²) in [4.78, 5) is 36.4. The first-order valence-electron chi connectivity index (χ1n) is 9.27. The quantitative estimate of drug-likeness (QED) is 0.283. The largest absolute Gasteiger partial charge is 0.465 e. The summed E-state index contributed by atoms with van der Waals surface area (Å²) < 4.78 is 15.3. The van der Waals surface area contributed by atoms with Crippen molar-refractivity contribution in [3.63, 3.8) is 0 Å². The third-order valence-electron chi connectivity index (χ3n) is 4.23. The lowest BCUT2D eigenvalue weighted by Gasteiger charge is -2.10. The summed E-state index contributed by atoms with van der Waals surface area (Å²) in [7, 11) is 0. The van der Waals surface area contributed by atoms with Crippen LogP contribution in [-0.4, -0.2) is 25.2 Å². The maximum atomic E-state index is 12.4. The minimum Gasteiger partial charge on any atom is -0.465 e. The lowest BCUT2D eigenvalue weighted by Crippen LogP contribution is -2.26. The van der Waals surface area contributed by atoms with Crippen LogP contribution in [0.2, 0.25) is 0 Å². The molecule has 0 aliphatic rings. The van der Waals surface area contributed by atoms with Crippen LogP contribution in [0, 0.1) is 5.92 Å². The third-order valence-corrected chi connectivity index (χ3v) is 4.23. The monoisotopic (exact) mass is 395 g/mol. The lowest BCUT2D eigenvalue weighted by atomic mass is 10.1. The second kappa shape index (κ2) is 9.05. The Morgan fingerprint density at radius 2 is 1.69 bits per heavy atom. The lowest BCUT2D eigenvalue weighted by molar-refractivity contribution is -0.158. The molecule has 7 nitrogen and oxygen atoms in total. The summed E-state index contributed by atoms with van der Waals surface area (Å²) in [6, 6.07) is 13.1. The first-order chi connectivity index (χ1) is 14.0. The Labute approximate surface area is 166 Å². The molecule has 0 bridgehead atoms. The third kappa shape index (κ3) is 4.45. The highest BCUT2D eigenvalue weighted by Gasteiger charge is 2.26. The van der Waals surface area contributed by atoms with Crippen molar-refractivity contribution in [2.75, 3.05) is 18.5 Å². The molecule has 0 spiro atoms. The zero-order valence-electron chi connectivity index (χ0n) is 16.1. The second-order valence-corrected chi connectivity index (χ2v) is 6.14. The molecule has 7 heteroatoms. The van der Waals surface area contributed by atoms with Gasteiger partial charge in [0.15, 0.2) is 5.92 Å². The fourth-order valence-corrected chi connectivity index (χ4v) is 2.90. The molecule has 29 heavy (non-hydrogen) atoms. The SMILES string of the molecule is CCOC(=O)C(/C=C/Nc1cc2ccc3ccccc3c2oc1=O)C(=O)OCC. The van der Waals surface area contributed by atoms with Gasteiger partial charge in [0.05, 0.1) is 13.2 Å². The number of anilines is 1. The summed E-state index contributed by atoms with van der Waals surface area (Å²) in [5.74, 6) is -2.67. The first-order valence-corrected chi connectivity index (χ1v) is 9.27. The molecule has 1 heterocycles. The van der Waals surface area contributed by atoms with E-state index < -0.39 is 23.5 Å². The highest BCUT2D eigenvalue weighted by atomic mass is 16.6. The van der Waals surface area contributed by atoms with Crippen LogP contribution < -0.4 is 10.9 Å². The Hall–Kier alpha value is -3.61. The van der Waals surface area contributed by atoms with Gasteiger partial charge in [0.25, 0.3) is 0 Å². The summed E-state index contributed by atoms with van der Waals surface area (Å²) in [5, 5.41) is 5.33.